The molecule has 1 amide bonds. The number of benzene rings is 2. The predicted molar refractivity (Wildman–Crippen MR) is 177 cm³/mol. The van der Waals surface area contributed by atoms with Crippen LogP contribution >= 0.6 is 0 Å². The van der Waals surface area contributed by atoms with E-state index in [2.05, 4.69) is 10.3 Å². The molecule has 0 radical (unpaired) electrons. The van der Waals surface area contributed by atoms with Crippen LogP contribution in [0.15, 0.2) is 60.7 Å². The van der Waals surface area contributed by atoms with Crippen LogP contribution in [0.25, 0.3) is 0 Å². The van der Waals surface area contributed by atoms with Crippen molar-refractivity contribution in [2.75, 3.05) is 7.11 Å². The number of nitrogens with one attached hydrogen (secondary N) is 1. The number of ether oxygens (including phenoxy) is 4. The molecule has 2 atom stereocenters. The van der Waals surface area contributed by atoms with E-state index in [0.717, 1.165) is 19.2 Å². The summed E-state index contributed by atoms with van der Waals surface area (Å²) >= 11 is 0. The minimum Gasteiger partial charge on any atom is -0.459 e. The first-order chi connectivity index (χ1) is 23.1. The van der Waals surface area contributed by atoms with E-state index in [1.54, 1.807) is 71.9 Å². The van der Waals surface area contributed by atoms with E-state index in [-0.39, 0.29) is 34.7 Å². The summed E-state index contributed by atoms with van der Waals surface area (Å²) in [5.74, 6) is -4.73. The number of alkyl halides is 3. The molecule has 3 rings (SSSR count). The Morgan fingerprint density at radius 1 is 0.760 bits per heavy atom. The van der Waals surface area contributed by atoms with Crippen molar-refractivity contribution in [1.29, 1.82) is 0 Å². The van der Waals surface area contributed by atoms with E-state index >= 15 is 0 Å². The minimum atomic E-state index is -5.31. The number of pyridine rings is 1. The third-order valence-corrected chi connectivity index (χ3v) is 7.30. The predicted octanol–water partition coefficient (Wildman–Crippen LogP) is 6.48. The third kappa shape index (κ3) is 9.46. The van der Waals surface area contributed by atoms with Crippen molar-refractivity contribution in [3.63, 3.8) is 0 Å². The Balaban J connectivity index is 2.27. The molecular weight excluding hydrogens is 657 g/mol. The van der Waals surface area contributed by atoms with Gasteiger partial charge in [0.15, 0.2) is 0 Å². The summed E-state index contributed by atoms with van der Waals surface area (Å²) in [6.07, 6.45) is -6.00. The highest BCUT2D eigenvalue weighted by atomic mass is 19.4. The van der Waals surface area contributed by atoms with Gasteiger partial charge >= 0.3 is 24.1 Å². The minimum absolute atomic E-state index is 0.104. The maximum Gasteiger partial charge on any atom is 0.430 e. The lowest BCUT2D eigenvalue weighted by molar-refractivity contribution is -0.266. The second kappa shape index (κ2) is 15.4. The van der Waals surface area contributed by atoms with Gasteiger partial charge < -0.3 is 24.3 Å². The van der Waals surface area contributed by atoms with E-state index in [4.69, 9.17) is 18.9 Å². The molecule has 10 nitrogen and oxygen atoms in total. The number of hydrogen-bond donors (Lipinski definition) is 1. The molecule has 1 N–H and O–H groups in total. The van der Waals surface area contributed by atoms with Crippen LogP contribution in [-0.2, 0) is 47.2 Å². The molecule has 0 aliphatic heterocycles. The normalized spacial score (nSPS) is 13.8. The Morgan fingerprint density at radius 3 is 1.64 bits per heavy atom. The average Bonchev–Trinajstić information content (AvgIpc) is 2.98. The molecule has 0 aliphatic rings. The smallest absolute Gasteiger partial charge is 0.430 e. The van der Waals surface area contributed by atoms with Gasteiger partial charge in [0.1, 0.15) is 23.9 Å². The largest absolute Gasteiger partial charge is 0.459 e. The van der Waals surface area contributed by atoms with Crippen LogP contribution in [0.4, 0.5) is 13.2 Å². The molecular formula is C37H43F3N2O8. The fraction of sp³-hybridized carbons (Fsp3) is 0.432. The van der Waals surface area contributed by atoms with Crippen LogP contribution < -0.4 is 5.32 Å². The summed E-state index contributed by atoms with van der Waals surface area (Å²) in [7, 11) is 0.722. The van der Waals surface area contributed by atoms with E-state index in [1.807, 2.05) is 0 Å². The lowest BCUT2D eigenvalue weighted by atomic mass is 9.89. The summed E-state index contributed by atoms with van der Waals surface area (Å²) in [5, 5.41) is 2.18. The maximum atomic E-state index is 14.9. The van der Waals surface area contributed by atoms with Crippen LogP contribution in [-0.4, -0.2) is 59.3 Å². The molecule has 13 heteroatoms. The second-order valence-electron chi connectivity index (χ2n) is 13.6. The second-order valence-corrected chi connectivity index (χ2v) is 13.6. The highest BCUT2D eigenvalue weighted by molar-refractivity contribution is 6.00. The Morgan fingerprint density at radius 2 is 1.22 bits per heavy atom. The van der Waals surface area contributed by atoms with Gasteiger partial charge in [-0.2, -0.15) is 13.2 Å². The summed E-state index contributed by atoms with van der Waals surface area (Å²) in [4.78, 5) is 59.5. The van der Waals surface area contributed by atoms with Gasteiger partial charge in [0.25, 0.3) is 11.5 Å². The number of amides is 1. The molecule has 0 saturated heterocycles. The number of nitrogens with zero attached hydrogens (tertiary/aromatic N) is 1. The lowest BCUT2D eigenvalue weighted by Gasteiger charge is -2.34. The summed E-state index contributed by atoms with van der Waals surface area (Å²) in [6, 6.07) is 12.8. The topological polar surface area (TPSA) is 130 Å². The van der Waals surface area contributed by atoms with E-state index < -0.39 is 64.8 Å². The van der Waals surface area contributed by atoms with Gasteiger partial charge in [-0.05, 0) is 66.5 Å². The van der Waals surface area contributed by atoms with Crippen LogP contribution in [0.1, 0.15) is 90.3 Å². The molecule has 3 aromatic rings. The zero-order valence-electron chi connectivity index (χ0n) is 29.6. The van der Waals surface area contributed by atoms with Gasteiger partial charge in [-0.25, -0.2) is 14.4 Å². The quantitative estimate of drug-likeness (QED) is 0.176. The SMILES string of the molecule is CO[C@@](C(=O)N[C@@H](Cc1c(C(=O)OC(C)(C)C)c(C)nc(C)c1C(=O)OC(C)(C)C)C(=O)OCc1ccccc1)(c1ccccc1)C(F)(F)F. The van der Waals surface area contributed by atoms with Crippen LogP contribution in [0.5, 0.6) is 0 Å². The van der Waals surface area contributed by atoms with Crippen molar-refractivity contribution in [3.8, 4) is 0 Å². The molecule has 270 valence electrons. The summed E-state index contributed by atoms with van der Waals surface area (Å²) in [6.45, 7) is 12.4. The fourth-order valence-corrected chi connectivity index (χ4v) is 5.24. The Hall–Kier alpha value is -4.78. The molecule has 0 fully saturated rings. The van der Waals surface area contributed by atoms with E-state index in [9.17, 15) is 32.3 Å². The number of carbonyl (C=O) groups excluding carboxylic acids is 4. The molecule has 1 aromatic heterocycles. The van der Waals surface area contributed by atoms with Crippen molar-refractivity contribution in [1.82, 2.24) is 10.3 Å². The average molecular weight is 701 g/mol. The van der Waals surface area contributed by atoms with Gasteiger partial charge in [0, 0.05) is 19.1 Å². The van der Waals surface area contributed by atoms with Gasteiger partial charge in [-0.1, -0.05) is 60.7 Å². The van der Waals surface area contributed by atoms with Gasteiger partial charge in [-0.15, -0.1) is 0 Å². The van der Waals surface area contributed by atoms with E-state index in [0.29, 0.717) is 5.56 Å². The first kappa shape index (κ1) is 39.7. The van der Waals surface area contributed by atoms with Gasteiger partial charge in [0.2, 0.25) is 0 Å². The molecule has 0 unspecified atom stereocenters. The molecule has 2 aromatic carbocycles. The van der Waals surface area contributed by atoms with Gasteiger partial charge in [-0.3, -0.25) is 9.78 Å². The van der Waals surface area contributed by atoms with Crippen molar-refractivity contribution in [2.24, 2.45) is 0 Å². The molecule has 0 saturated carbocycles. The highest BCUT2D eigenvalue weighted by Gasteiger charge is 2.63. The van der Waals surface area contributed by atoms with Crippen molar-refractivity contribution in [2.45, 2.75) is 97.4 Å². The molecule has 50 heavy (non-hydrogen) atoms. The van der Waals surface area contributed by atoms with Crippen molar-refractivity contribution < 1.29 is 51.3 Å². The Labute approximate surface area is 289 Å². The summed E-state index contributed by atoms with van der Waals surface area (Å²) < 4.78 is 66.3. The number of methoxy groups -OCH3 is 1. The van der Waals surface area contributed by atoms with Crippen molar-refractivity contribution in [3.05, 3.63) is 99.9 Å². The zero-order chi connectivity index (χ0) is 37.7. The van der Waals surface area contributed by atoms with Crippen LogP contribution in [0, 0.1) is 13.8 Å². The van der Waals surface area contributed by atoms with E-state index in [1.165, 1.54) is 32.0 Å². The number of hydrogen-bond acceptors (Lipinski definition) is 9. The number of carbonyl (C=O) groups is 4. The first-order valence-corrected chi connectivity index (χ1v) is 15.8. The monoisotopic (exact) mass is 700 g/mol. The summed E-state index contributed by atoms with van der Waals surface area (Å²) in [5.41, 5.74) is -5.97. The Bertz CT molecular complexity index is 1650. The number of aromatic nitrogens is 1. The number of esters is 3. The maximum absolute atomic E-state index is 14.9. The first-order valence-electron chi connectivity index (χ1n) is 15.8. The van der Waals surface area contributed by atoms with Crippen LogP contribution in [0.3, 0.4) is 0 Å². The lowest BCUT2D eigenvalue weighted by Crippen LogP contribution is -2.59. The number of aryl methyl sites for hydroxylation is 2. The third-order valence-electron chi connectivity index (χ3n) is 7.30. The van der Waals surface area contributed by atoms with Gasteiger partial charge in [0.05, 0.1) is 22.5 Å². The van der Waals surface area contributed by atoms with Crippen LogP contribution in [0.2, 0.25) is 0 Å². The molecule has 0 bridgehead atoms. The zero-order valence-corrected chi connectivity index (χ0v) is 29.6. The fourth-order valence-electron chi connectivity index (χ4n) is 5.24. The molecule has 0 aliphatic carbocycles. The molecule has 0 spiro atoms. The standard InChI is InChI=1S/C37H43F3N2O8/c1-22-28(31(44)49-34(3,4)5)26(29(23(2)41-22)32(45)50-35(6,7)8)20-27(30(43)48-21-24-16-12-10-13-17-24)42-33(46)36(47-9,37(38,39)40)25-18-14-11-15-19-25/h10-19,27H,20-21H2,1-9H3,(H,42,46)/t27-,36+/m0/s1. The highest BCUT2D eigenvalue weighted by Crippen LogP contribution is 2.42. The molecule has 1 heterocycles. The number of rotatable bonds is 11. The Kier molecular flexibility index (Phi) is 12.2. The number of halogens is 3. The van der Waals surface area contributed by atoms with Crippen molar-refractivity contribution >= 4 is 23.8 Å².